The fraction of sp³-hybridized carbons (Fsp3) is 0.382. The Morgan fingerprint density at radius 3 is 1.98 bits per heavy atom. The number of nitrogens with zero attached hydrogens (tertiary/aromatic N) is 3. The van der Waals surface area contributed by atoms with E-state index in [1.54, 1.807) is 0 Å². The van der Waals surface area contributed by atoms with Crippen molar-refractivity contribution in [2.45, 2.75) is 64.8 Å². The Balaban J connectivity index is 1.81. The van der Waals surface area contributed by atoms with E-state index in [-0.39, 0.29) is 48.0 Å². The summed E-state index contributed by atoms with van der Waals surface area (Å²) in [6.07, 6.45) is -6.24. The standard InChI is InChI=1S/C34H36F6N4O3/c1-3-5-15-43(16-6-4-2)27-10-7-23(8-11-27)31-42-28-19-24(32(47)41-14-13-30(45)46)9-12-29(28)44(31)21-22-17-25(33(35,36)37)20-26(18-22)34(38,39)40/h7-12,17-20H,3-6,13-16,21H2,1-2H3,(H,41,47)(H,45,46). The van der Waals surface area contributed by atoms with E-state index in [0.29, 0.717) is 23.2 Å². The van der Waals surface area contributed by atoms with Gasteiger partial charge in [-0.3, -0.25) is 9.59 Å². The van der Waals surface area contributed by atoms with Gasteiger partial charge in [-0.1, -0.05) is 26.7 Å². The van der Waals surface area contributed by atoms with Crippen LogP contribution in [0.15, 0.2) is 60.7 Å². The van der Waals surface area contributed by atoms with E-state index in [1.807, 2.05) is 24.3 Å². The quantitative estimate of drug-likeness (QED) is 0.133. The Kier molecular flexibility index (Phi) is 11.2. The summed E-state index contributed by atoms with van der Waals surface area (Å²) in [4.78, 5) is 30.5. The van der Waals surface area contributed by atoms with Crippen LogP contribution in [0, 0.1) is 0 Å². The minimum atomic E-state index is -5.00. The maximum atomic E-state index is 13.7. The number of carboxylic acids is 1. The van der Waals surface area contributed by atoms with Crippen molar-refractivity contribution in [3.8, 4) is 11.4 Å². The zero-order valence-electron chi connectivity index (χ0n) is 26.0. The summed E-state index contributed by atoms with van der Waals surface area (Å²) in [6, 6.07) is 13.3. The number of benzene rings is 3. The summed E-state index contributed by atoms with van der Waals surface area (Å²) in [5, 5.41) is 11.4. The monoisotopic (exact) mass is 662 g/mol. The van der Waals surface area contributed by atoms with E-state index in [9.17, 15) is 35.9 Å². The smallest absolute Gasteiger partial charge is 0.416 e. The maximum absolute atomic E-state index is 13.7. The molecule has 4 rings (SSSR count). The zero-order valence-corrected chi connectivity index (χ0v) is 26.0. The van der Waals surface area contributed by atoms with Crippen LogP contribution in [0.5, 0.6) is 0 Å². The van der Waals surface area contributed by atoms with Gasteiger partial charge in [0.2, 0.25) is 0 Å². The largest absolute Gasteiger partial charge is 0.481 e. The molecule has 13 heteroatoms. The Bertz CT molecular complexity index is 1660. The van der Waals surface area contributed by atoms with Crippen molar-refractivity contribution >= 4 is 28.6 Å². The number of halogens is 6. The molecule has 0 radical (unpaired) electrons. The van der Waals surface area contributed by atoms with Crippen molar-refractivity contribution in [2.75, 3.05) is 24.5 Å². The number of carbonyl (C=O) groups excluding carboxylic acids is 1. The molecule has 0 fully saturated rings. The van der Waals surface area contributed by atoms with Crippen LogP contribution >= 0.6 is 0 Å². The van der Waals surface area contributed by atoms with E-state index >= 15 is 0 Å². The van der Waals surface area contributed by atoms with Gasteiger partial charge in [-0.25, -0.2) is 4.98 Å². The fourth-order valence-electron chi connectivity index (χ4n) is 5.22. The summed E-state index contributed by atoms with van der Waals surface area (Å²) < 4.78 is 83.5. The molecule has 7 nitrogen and oxygen atoms in total. The number of unbranched alkanes of at least 4 members (excludes halogenated alkanes) is 2. The number of carbonyl (C=O) groups is 2. The first kappa shape index (κ1) is 35.3. The van der Waals surface area contributed by atoms with Gasteiger partial charge in [0.1, 0.15) is 5.82 Å². The molecule has 0 spiro atoms. The number of rotatable bonds is 14. The molecule has 0 unspecified atom stereocenters. The predicted octanol–water partition coefficient (Wildman–Crippen LogP) is 8.40. The molecule has 4 aromatic rings. The molecule has 1 aromatic heterocycles. The van der Waals surface area contributed by atoms with Gasteiger partial charge in [-0.05, 0) is 79.1 Å². The lowest BCUT2D eigenvalue weighted by molar-refractivity contribution is -0.143. The minimum absolute atomic E-state index is 0.0905. The molecule has 0 atom stereocenters. The number of alkyl halides is 6. The van der Waals surface area contributed by atoms with Gasteiger partial charge < -0.3 is 19.9 Å². The molecule has 0 saturated heterocycles. The van der Waals surface area contributed by atoms with Gasteiger partial charge >= 0.3 is 18.3 Å². The van der Waals surface area contributed by atoms with Crippen molar-refractivity contribution in [3.05, 3.63) is 82.9 Å². The summed E-state index contributed by atoms with van der Waals surface area (Å²) >= 11 is 0. The van der Waals surface area contributed by atoms with Crippen molar-refractivity contribution < 1.29 is 41.0 Å². The van der Waals surface area contributed by atoms with E-state index in [2.05, 4.69) is 29.0 Å². The van der Waals surface area contributed by atoms with Crippen LogP contribution in [-0.4, -0.2) is 46.2 Å². The predicted molar refractivity (Wildman–Crippen MR) is 167 cm³/mol. The lowest BCUT2D eigenvalue weighted by atomic mass is 10.0. The minimum Gasteiger partial charge on any atom is -0.481 e. The van der Waals surface area contributed by atoms with Crippen molar-refractivity contribution in [1.82, 2.24) is 14.9 Å². The second-order valence-corrected chi connectivity index (χ2v) is 11.3. The number of carboxylic acid groups (broad SMARTS) is 1. The fourth-order valence-corrected chi connectivity index (χ4v) is 5.22. The second-order valence-electron chi connectivity index (χ2n) is 11.3. The zero-order chi connectivity index (χ0) is 34.4. The number of fused-ring (bicyclic) bond motifs is 1. The van der Waals surface area contributed by atoms with Crippen LogP contribution < -0.4 is 10.2 Å². The highest BCUT2D eigenvalue weighted by Gasteiger charge is 2.37. The lowest BCUT2D eigenvalue weighted by Crippen LogP contribution is -2.25. The highest BCUT2D eigenvalue weighted by molar-refractivity contribution is 5.98. The molecular weight excluding hydrogens is 626 g/mol. The van der Waals surface area contributed by atoms with E-state index in [4.69, 9.17) is 5.11 Å². The van der Waals surface area contributed by atoms with Crippen molar-refractivity contribution in [1.29, 1.82) is 0 Å². The molecule has 0 bridgehead atoms. The molecule has 0 aliphatic carbocycles. The molecule has 0 saturated carbocycles. The van der Waals surface area contributed by atoms with Crippen LogP contribution in [0.25, 0.3) is 22.4 Å². The average molecular weight is 663 g/mol. The van der Waals surface area contributed by atoms with Crippen LogP contribution in [0.3, 0.4) is 0 Å². The number of imidazole rings is 1. The van der Waals surface area contributed by atoms with Crippen LogP contribution in [-0.2, 0) is 23.7 Å². The van der Waals surface area contributed by atoms with Gasteiger partial charge in [0.05, 0.1) is 28.6 Å². The second kappa shape index (κ2) is 14.9. The first-order valence-corrected chi connectivity index (χ1v) is 15.3. The normalized spacial score (nSPS) is 12.0. The molecule has 1 heterocycles. The number of aromatic nitrogens is 2. The van der Waals surface area contributed by atoms with Crippen LogP contribution in [0.2, 0.25) is 0 Å². The third-order valence-corrected chi connectivity index (χ3v) is 7.68. The SMILES string of the molecule is CCCCN(CCCC)c1ccc(-c2nc3cc(C(=O)NCCC(=O)O)ccc3n2Cc2cc(C(F)(F)F)cc(C(F)(F)F)c2)cc1. The first-order chi connectivity index (χ1) is 22.2. The molecule has 3 aromatic carbocycles. The molecule has 0 aliphatic rings. The van der Waals surface area contributed by atoms with E-state index in [0.717, 1.165) is 44.5 Å². The third-order valence-electron chi connectivity index (χ3n) is 7.68. The third kappa shape index (κ3) is 9.05. The number of amides is 1. The van der Waals surface area contributed by atoms with Gasteiger partial charge in [0.25, 0.3) is 5.91 Å². The Hall–Kier alpha value is -4.55. The summed E-state index contributed by atoms with van der Waals surface area (Å²) in [7, 11) is 0. The number of aliphatic carboxylic acids is 1. The van der Waals surface area contributed by atoms with Gasteiger partial charge in [-0.15, -0.1) is 0 Å². The lowest BCUT2D eigenvalue weighted by Gasteiger charge is -2.25. The van der Waals surface area contributed by atoms with Crippen molar-refractivity contribution in [2.24, 2.45) is 0 Å². The van der Waals surface area contributed by atoms with Gasteiger partial charge in [-0.2, -0.15) is 26.3 Å². The molecule has 47 heavy (non-hydrogen) atoms. The number of anilines is 1. The molecule has 2 N–H and O–H groups in total. The Morgan fingerprint density at radius 2 is 1.45 bits per heavy atom. The molecule has 252 valence electrons. The number of hydrogen-bond acceptors (Lipinski definition) is 4. The van der Waals surface area contributed by atoms with Crippen LogP contribution in [0.1, 0.15) is 73.0 Å². The molecular formula is C34H36F6N4O3. The molecule has 0 aliphatic heterocycles. The number of hydrogen-bond donors (Lipinski definition) is 2. The maximum Gasteiger partial charge on any atom is 0.416 e. The van der Waals surface area contributed by atoms with Crippen molar-refractivity contribution in [3.63, 3.8) is 0 Å². The van der Waals surface area contributed by atoms with Gasteiger partial charge in [0.15, 0.2) is 0 Å². The average Bonchev–Trinajstić information content (AvgIpc) is 3.37. The van der Waals surface area contributed by atoms with E-state index in [1.165, 1.54) is 22.8 Å². The van der Waals surface area contributed by atoms with Crippen LogP contribution in [0.4, 0.5) is 32.0 Å². The Labute approximate surface area is 268 Å². The van der Waals surface area contributed by atoms with E-state index < -0.39 is 35.4 Å². The first-order valence-electron chi connectivity index (χ1n) is 15.3. The summed E-state index contributed by atoms with van der Waals surface area (Å²) in [5.74, 6) is -1.35. The summed E-state index contributed by atoms with van der Waals surface area (Å²) in [6.45, 7) is 5.47. The topological polar surface area (TPSA) is 87.5 Å². The number of nitrogens with one attached hydrogen (secondary N) is 1. The highest BCUT2D eigenvalue weighted by atomic mass is 19.4. The Morgan fingerprint density at radius 1 is 0.851 bits per heavy atom. The van der Waals surface area contributed by atoms with Gasteiger partial charge in [0, 0.05) is 43.0 Å². The summed E-state index contributed by atoms with van der Waals surface area (Å²) in [5.41, 5.74) is -0.692. The highest BCUT2D eigenvalue weighted by Crippen LogP contribution is 2.37. The molecule has 1 amide bonds.